The molecule has 3 rings (SSSR count). The van der Waals surface area contributed by atoms with Gasteiger partial charge in [0, 0.05) is 11.1 Å². The molecule has 0 radical (unpaired) electrons. The van der Waals surface area contributed by atoms with Gasteiger partial charge in [-0.25, -0.2) is 4.39 Å². The van der Waals surface area contributed by atoms with Crippen LogP contribution >= 0.6 is 0 Å². The highest BCUT2D eigenvalue weighted by Crippen LogP contribution is 2.30. The van der Waals surface area contributed by atoms with E-state index in [0.717, 1.165) is 16.7 Å². The molecular weight excluding hydrogens is 253 g/mol. The van der Waals surface area contributed by atoms with E-state index in [9.17, 15) is 4.39 Å². The summed E-state index contributed by atoms with van der Waals surface area (Å²) < 4.78 is 19.6. The van der Waals surface area contributed by atoms with Crippen molar-refractivity contribution in [1.82, 2.24) is 5.16 Å². The molecule has 0 aliphatic heterocycles. The Bertz CT molecular complexity index is 664. The van der Waals surface area contributed by atoms with Crippen molar-refractivity contribution in [2.45, 2.75) is 13.8 Å². The fourth-order valence-corrected chi connectivity index (χ4v) is 2.05. The van der Waals surface area contributed by atoms with Crippen LogP contribution in [0, 0.1) is 19.7 Å². The maximum atomic E-state index is 14.4. The zero-order valence-electron chi connectivity index (χ0n) is 11.4. The van der Waals surface area contributed by atoms with Crippen molar-refractivity contribution in [3.05, 3.63) is 65.5 Å². The van der Waals surface area contributed by atoms with Crippen LogP contribution in [0.3, 0.4) is 0 Å². The summed E-state index contributed by atoms with van der Waals surface area (Å²) in [6, 6.07) is 15.0. The molecule has 2 nitrogen and oxygen atoms in total. The second-order valence-electron chi connectivity index (χ2n) is 4.91. The lowest BCUT2D eigenvalue weighted by Crippen LogP contribution is -1.84. The molecule has 2 aromatic carbocycles. The fraction of sp³-hybridized carbons (Fsp3) is 0.118. The van der Waals surface area contributed by atoms with E-state index in [0.29, 0.717) is 5.56 Å². The molecule has 0 bridgehead atoms. The average Bonchev–Trinajstić information content (AvgIpc) is 2.83. The first-order chi connectivity index (χ1) is 9.65. The zero-order valence-corrected chi connectivity index (χ0v) is 11.4. The molecule has 20 heavy (non-hydrogen) atoms. The third-order valence-electron chi connectivity index (χ3n) is 3.27. The van der Waals surface area contributed by atoms with Crippen LogP contribution in [0.15, 0.2) is 53.1 Å². The number of aryl methyl sites for hydroxylation is 2. The number of hydrogen-bond acceptors (Lipinski definition) is 2. The van der Waals surface area contributed by atoms with Crippen LogP contribution < -0.4 is 0 Å². The minimum Gasteiger partial charge on any atom is -0.352 e. The second-order valence-corrected chi connectivity index (χ2v) is 4.91. The Hall–Kier alpha value is -2.42. The van der Waals surface area contributed by atoms with E-state index in [2.05, 4.69) is 5.16 Å². The molecule has 0 saturated carbocycles. The van der Waals surface area contributed by atoms with Gasteiger partial charge in [-0.2, -0.15) is 0 Å². The van der Waals surface area contributed by atoms with Crippen LogP contribution in [-0.2, 0) is 0 Å². The molecule has 0 unspecified atom stereocenters. The molecule has 0 spiro atoms. The van der Waals surface area contributed by atoms with Gasteiger partial charge in [0.2, 0.25) is 5.76 Å². The second kappa shape index (κ2) is 4.93. The Balaban J connectivity index is 2.04. The van der Waals surface area contributed by atoms with Gasteiger partial charge in [0.1, 0.15) is 5.69 Å². The van der Waals surface area contributed by atoms with Crippen molar-refractivity contribution >= 4 is 0 Å². The average molecular weight is 267 g/mol. The summed E-state index contributed by atoms with van der Waals surface area (Å²) >= 11 is 0. The lowest BCUT2D eigenvalue weighted by molar-refractivity contribution is 0.429. The summed E-state index contributed by atoms with van der Waals surface area (Å²) in [6.45, 7) is 3.97. The predicted octanol–water partition coefficient (Wildman–Crippen LogP) is 4.76. The van der Waals surface area contributed by atoms with Crippen LogP contribution in [-0.4, -0.2) is 5.16 Å². The van der Waals surface area contributed by atoms with Crippen molar-refractivity contribution in [2.24, 2.45) is 0 Å². The quantitative estimate of drug-likeness (QED) is 0.668. The largest absolute Gasteiger partial charge is 0.352 e. The standard InChI is InChI=1S/C17H14FNO/c1-11-3-7-13(8-4-11)16-15(18)17(20-19-16)14-9-5-12(2)6-10-14/h3-10H,1-2H3. The van der Waals surface area contributed by atoms with Crippen LogP contribution in [0.25, 0.3) is 22.6 Å². The Morgan fingerprint density at radius 2 is 1.30 bits per heavy atom. The van der Waals surface area contributed by atoms with Gasteiger partial charge >= 0.3 is 0 Å². The van der Waals surface area contributed by atoms with Crippen LogP contribution in [0.1, 0.15) is 11.1 Å². The first-order valence-corrected chi connectivity index (χ1v) is 6.44. The minimum atomic E-state index is -0.419. The van der Waals surface area contributed by atoms with E-state index >= 15 is 0 Å². The molecule has 100 valence electrons. The van der Waals surface area contributed by atoms with Gasteiger partial charge in [-0.15, -0.1) is 0 Å². The van der Waals surface area contributed by atoms with Crippen molar-refractivity contribution in [3.8, 4) is 22.6 Å². The van der Waals surface area contributed by atoms with Gasteiger partial charge in [0.15, 0.2) is 5.82 Å². The Morgan fingerprint density at radius 3 is 1.85 bits per heavy atom. The topological polar surface area (TPSA) is 26.0 Å². The maximum Gasteiger partial charge on any atom is 0.203 e. The molecule has 0 aliphatic carbocycles. The number of hydrogen-bond donors (Lipinski definition) is 0. The molecular formula is C17H14FNO. The lowest BCUT2D eigenvalue weighted by atomic mass is 10.1. The van der Waals surface area contributed by atoms with Gasteiger partial charge in [-0.1, -0.05) is 64.8 Å². The lowest BCUT2D eigenvalue weighted by Gasteiger charge is -1.98. The number of aromatic nitrogens is 1. The van der Waals surface area contributed by atoms with E-state index in [-0.39, 0.29) is 11.5 Å². The van der Waals surface area contributed by atoms with Crippen molar-refractivity contribution in [1.29, 1.82) is 0 Å². The van der Waals surface area contributed by atoms with E-state index in [1.54, 1.807) is 0 Å². The van der Waals surface area contributed by atoms with Gasteiger partial charge in [-0.3, -0.25) is 0 Å². The highest BCUT2D eigenvalue weighted by atomic mass is 19.1. The fourth-order valence-electron chi connectivity index (χ4n) is 2.05. The molecule has 0 aliphatic rings. The summed E-state index contributed by atoms with van der Waals surface area (Å²) in [5.74, 6) is -0.238. The Kier molecular flexibility index (Phi) is 3.11. The predicted molar refractivity (Wildman–Crippen MR) is 76.8 cm³/mol. The van der Waals surface area contributed by atoms with E-state index in [4.69, 9.17) is 4.52 Å². The smallest absolute Gasteiger partial charge is 0.203 e. The SMILES string of the molecule is Cc1ccc(-c2noc(-c3ccc(C)cc3)c2F)cc1. The molecule has 0 saturated heterocycles. The highest BCUT2D eigenvalue weighted by Gasteiger charge is 2.18. The summed E-state index contributed by atoms with van der Waals surface area (Å²) in [6.07, 6.45) is 0. The van der Waals surface area contributed by atoms with Gasteiger partial charge in [0.05, 0.1) is 0 Å². The number of halogens is 1. The molecule has 1 aromatic heterocycles. The number of rotatable bonds is 2. The molecule has 1 heterocycles. The Morgan fingerprint density at radius 1 is 0.800 bits per heavy atom. The molecule has 0 N–H and O–H groups in total. The van der Waals surface area contributed by atoms with Crippen molar-refractivity contribution in [3.63, 3.8) is 0 Å². The Labute approximate surface area is 116 Å². The number of nitrogens with zero attached hydrogens (tertiary/aromatic N) is 1. The first kappa shape index (κ1) is 12.6. The third-order valence-corrected chi connectivity index (χ3v) is 3.27. The van der Waals surface area contributed by atoms with Crippen molar-refractivity contribution < 1.29 is 8.91 Å². The monoisotopic (exact) mass is 267 g/mol. The van der Waals surface area contributed by atoms with Crippen LogP contribution in [0.5, 0.6) is 0 Å². The minimum absolute atomic E-state index is 0.181. The summed E-state index contributed by atoms with van der Waals surface area (Å²) in [4.78, 5) is 0. The molecule has 3 heteroatoms. The highest BCUT2D eigenvalue weighted by molar-refractivity contribution is 5.68. The van der Waals surface area contributed by atoms with Gasteiger partial charge in [-0.05, 0) is 13.8 Å². The molecule has 0 fully saturated rings. The van der Waals surface area contributed by atoms with Gasteiger partial charge in [0.25, 0.3) is 0 Å². The number of benzene rings is 2. The van der Waals surface area contributed by atoms with Crippen LogP contribution in [0.4, 0.5) is 4.39 Å². The molecule has 0 amide bonds. The summed E-state index contributed by atoms with van der Waals surface area (Å²) in [5, 5.41) is 3.86. The zero-order chi connectivity index (χ0) is 14.1. The van der Waals surface area contributed by atoms with E-state index in [1.165, 1.54) is 0 Å². The van der Waals surface area contributed by atoms with E-state index < -0.39 is 5.82 Å². The van der Waals surface area contributed by atoms with E-state index in [1.807, 2.05) is 62.4 Å². The maximum absolute atomic E-state index is 14.4. The summed E-state index contributed by atoms with van der Waals surface area (Å²) in [7, 11) is 0. The normalized spacial score (nSPS) is 10.8. The first-order valence-electron chi connectivity index (χ1n) is 6.44. The van der Waals surface area contributed by atoms with Crippen molar-refractivity contribution in [2.75, 3.05) is 0 Å². The van der Waals surface area contributed by atoms with Crippen LogP contribution in [0.2, 0.25) is 0 Å². The molecule has 0 atom stereocenters. The third kappa shape index (κ3) is 2.23. The van der Waals surface area contributed by atoms with Gasteiger partial charge < -0.3 is 4.52 Å². The molecule has 3 aromatic rings. The summed E-state index contributed by atoms with van der Waals surface area (Å²) in [5.41, 5.74) is 3.90.